The molecule has 0 saturated carbocycles. The van der Waals surface area contributed by atoms with Crippen LogP contribution in [-0.4, -0.2) is 33.9 Å². The van der Waals surface area contributed by atoms with Crippen molar-refractivity contribution in [1.29, 1.82) is 0 Å². The van der Waals surface area contributed by atoms with Crippen LogP contribution in [0.4, 0.5) is 0 Å². The number of methoxy groups -OCH3 is 2. The predicted molar refractivity (Wildman–Crippen MR) is 66.8 cm³/mol. The van der Waals surface area contributed by atoms with Crippen LogP contribution in [0.2, 0.25) is 0 Å². The van der Waals surface area contributed by atoms with Crippen LogP contribution in [0.15, 0.2) is 30.3 Å². The SMILES string of the molecule is COCCNCC=Cc1ccccc1OC. The maximum Gasteiger partial charge on any atom is 0.126 e. The molecule has 0 atom stereocenters. The Morgan fingerprint density at radius 2 is 2.06 bits per heavy atom. The van der Waals surface area contributed by atoms with Crippen LogP contribution in [-0.2, 0) is 4.74 Å². The van der Waals surface area contributed by atoms with E-state index in [0.717, 1.165) is 31.0 Å². The fourth-order valence-electron chi connectivity index (χ4n) is 1.35. The molecule has 0 aliphatic rings. The zero-order chi connectivity index (χ0) is 11.6. The Labute approximate surface area is 97.1 Å². The maximum absolute atomic E-state index is 5.25. The van der Waals surface area contributed by atoms with E-state index in [1.165, 1.54) is 0 Å². The number of hydrogen-bond donors (Lipinski definition) is 1. The van der Waals surface area contributed by atoms with Crippen molar-refractivity contribution in [3.63, 3.8) is 0 Å². The van der Waals surface area contributed by atoms with Gasteiger partial charge in [0.25, 0.3) is 0 Å². The highest BCUT2D eigenvalue weighted by Gasteiger charge is 1.95. The molecule has 0 aliphatic heterocycles. The highest BCUT2D eigenvalue weighted by Crippen LogP contribution is 2.18. The third-order valence-electron chi connectivity index (χ3n) is 2.18. The van der Waals surface area contributed by atoms with Crippen LogP contribution in [0.25, 0.3) is 6.08 Å². The first-order chi connectivity index (χ1) is 7.88. The van der Waals surface area contributed by atoms with Crippen LogP contribution in [0, 0.1) is 0 Å². The molecule has 1 aromatic carbocycles. The van der Waals surface area contributed by atoms with Gasteiger partial charge < -0.3 is 14.8 Å². The van der Waals surface area contributed by atoms with Crippen LogP contribution < -0.4 is 10.1 Å². The fraction of sp³-hybridized carbons (Fsp3) is 0.385. The third-order valence-corrected chi connectivity index (χ3v) is 2.18. The second-order valence-electron chi connectivity index (χ2n) is 3.34. The molecule has 0 bridgehead atoms. The second kappa shape index (κ2) is 7.91. The molecule has 1 aromatic rings. The maximum atomic E-state index is 5.25. The van der Waals surface area contributed by atoms with Gasteiger partial charge >= 0.3 is 0 Å². The van der Waals surface area contributed by atoms with Crippen molar-refractivity contribution in [2.45, 2.75) is 0 Å². The van der Waals surface area contributed by atoms with Crippen molar-refractivity contribution in [3.8, 4) is 5.75 Å². The van der Waals surface area contributed by atoms with E-state index in [2.05, 4.69) is 17.5 Å². The first kappa shape index (κ1) is 12.7. The smallest absolute Gasteiger partial charge is 0.126 e. The van der Waals surface area contributed by atoms with Gasteiger partial charge in [0.2, 0.25) is 0 Å². The number of rotatable bonds is 7. The molecule has 0 saturated heterocycles. The number of para-hydroxylation sites is 1. The van der Waals surface area contributed by atoms with E-state index >= 15 is 0 Å². The van der Waals surface area contributed by atoms with E-state index in [9.17, 15) is 0 Å². The highest BCUT2D eigenvalue weighted by molar-refractivity contribution is 5.57. The second-order valence-corrected chi connectivity index (χ2v) is 3.34. The number of ether oxygens (including phenoxy) is 2. The topological polar surface area (TPSA) is 30.5 Å². The Hall–Kier alpha value is -1.32. The Morgan fingerprint density at radius 1 is 1.25 bits per heavy atom. The summed E-state index contributed by atoms with van der Waals surface area (Å²) in [7, 11) is 3.38. The molecule has 88 valence electrons. The molecule has 3 nitrogen and oxygen atoms in total. The standard InChI is InChI=1S/C13H19NO2/c1-15-11-10-14-9-5-7-12-6-3-4-8-13(12)16-2/h3-8,14H,9-11H2,1-2H3. The normalized spacial score (nSPS) is 10.9. The van der Waals surface area contributed by atoms with Gasteiger partial charge in [0.05, 0.1) is 13.7 Å². The van der Waals surface area contributed by atoms with Crippen LogP contribution in [0.5, 0.6) is 5.75 Å². The molecule has 0 heterocycles. The lowest BCUT2D eigenvalue weighted by molar-refractivity contribution is 0.200. The van der Waals surface area contributed by atoms with Gasteiger partial charge in [-0.1, -0.05) is 30.4 Å². The Bertz CT molecular complexity index is 323. The molecular formula is C13H19NO2. The molecule has 0 radical (unpaired) electrons. The largest absolute Gasteiger partial charge is 0.496 e. The Kier molecular flexibility index (Phi) is 6.30. The average Bonchev–Trinajstić information content (AvgIpc) is 2.34. The lowest BCUT2D eigenvalue weighted by Gasteiger charge is -2.03. The van der Waals surface area contributed by atoms with Crippen molar-refractivity contribution in [2.24, 2.45) is 0 Å². The minimum Gasteiger partial charge on any atom is -0.496 e. The van der Waals surface area contributed by atoms with E-state index in [4.69, 9.17) is 9.47 Å². The summed E-state index contributed by atoms with van der Waals surface area (Å²) in [5.74, 6) is 0.899. The minimum atomic E-state index is 0.739. The van der Waals surface area contributed by atoms with Crippen molar-refractivity contribution < 1.29 is 9.47 Å². The molecule has 1 rings (SSSR count). The molecule has 16 heavy (non-hydrogen) atoms. The van der Waals surface area contributed by atoms with Gasteiger partial charge in [0.1, 0.15) is 5.75 Å². The summed E-state index contributed by atoms with van der Waals surface area (Å²) in [4.78, 5) is 0. The van der Waals surface area contributed by atoms with Gasteiger partial charge in [-0.3, -0.25) is 0 Å². The van der Waals surface area contributed by atoms with Crippen LogP contribution in [0.1, 0.15) is 5.56 Å². The van der Waals surface area contributed by atoms with E-state index in [0.29, 0.717) is 0 Å². The van der Waals surface area contributed by atoms with Crippen molar-refractivity contribution in [1.82, 2.24) is 5.32 Å². The zero-order valence-electron chi connectivity index (χ0n) is 9.90. The molecular weight excluding hydrogens is 202 g/mol. The van der Waals surface area contributed by atoms with Gasteiger partial charge in [-0.25, -0.2) is 0 Å². The molecule has 3 heteroatoms. The first-order valence-corrected chi connectivity index (χ1v) is 5.37. The highest BCUT2D eigenvalue weighted by atomic mass is 16.5. The fourth-order valence-corrected chi connectivity index (χ4v) is 1.35. The van der Waals surface area contributed by atoms with Gasteiger partial charge in [0.15, 0.2) is 0 Å². The van der Waals surface area contributed by atoms with Crippen LogP contribution in [0.3, 0.4) is 0 Å². The zero-order valence-corrected chi connectivity index (χ0v) is 9.90. The summed E-state index contributed by atoms with van der Waals surface area (Å²) in [6, 6.07) is 7.95. The van der Waals surface area contributed by atoms with Crippen molar-refractivity contribution in [2.75, 3.05) is 33.9 Å². The quantitative estimate of drug-likeness (QED) is 0.714. The third kappa shape index (κ3) is 4.47. The van der Waals surface area contributed by atoms with Crippen molar-refractivity contribution in [3.05, 3.63) is 35.9 Å². The minimum absolute atomic E-state index is 0.739. The summed E-state index contributed by atoms with van der Waals surface area (Å²) in [6.07, 6.45) is 4.13. The summed E-state index contributed by atoms with van der Waals surface area (Å²) >= 11 is 0. The predicted octanol–water partition coefficient (Wildman–Crippen LogP) is 1.94. The summed E-state index contributed by atoms with van der Waals surface area (Å²) < 4.78 is 10.2. The number of benzene rings is 1. The first-order valence-electron chi connectivity index (χ1n) is 5.37. The molecule has 0 unspecified atom stereocenters. The lowest BCUT2D eigenvalue weighted by atomic mass is 10.2. The molecule has 0 spiro atoms. The van der Waals surface area contributed by atoms with Gasteiger partial charge in [-0.05, 0) is 6.07 Å². The summed E-state index contributed by atoms with van der Waals surface area (Å²) in [6.45, 7) is 2.44. The van der Waals surface area contributed by atoms with Gasteiger partial charge in [0, 0.05) is 25.8 Å². The molecule has 1 N–H and O–H groups in total. The monoisotopic (exact) mass is 221 g/mol. The Morgan fingerprint density at radius 3 is 2.81 bits per heavy atom. The van der Waals surface area contributed by atoms with Crippen molar-refractivity contribution >= 4 is 6.08 Å². The average molecular weight is 221 g/mol. The molecule has 0 aromatic heterocycles. The van der Waals surface area contributed by atoms with E-state index in [1.54, 1.807) is 14.2 Å². The summed E-state index contributed by atoms with van der Waals surface area (Å²) in [5.41, 5.74) is 1.10. The molecule has 0 fully saturated rings. The van der Waals surface area contributed by atoms with Gasteiger partial charge in [-0.15, -0.1) is 0 Å². The number of nitrogens with one attached hydrogen (secondary N) is 1. The molecule has 0 amide bonds. The molecule has 0 aliphatic carbocycles. The van der Waals surface area contributed by atoms with Crippen LogP contribution >= 0.6 is 0 Å². The van der Waals surface area contributed by atoms with Gasteiger partial charge in [-0.2, -0.15) is 0 Å². The van der Waals surface area contributed by atoms with E-state index in [-0.39, 0.29) is 0 Å². The Balaban J connectivity index is 2.37. The number of hydrogen-bond acceptors (Lipinski definition) is 3. The van der Waals surface area contributed by atoms with E-state index < -0.39 is 0 Å². The summed E-state index contributed by atoms with van der Waals surface area (Å²) in [5, 5.41) is 3.24. The van der Waals surface area contributed by atoms with E-state index in [1.807, 2.05) is 24.3 Å². The lowest BCUT2D eigenvalue weighted by Crippen LogP contribution is -2.18.